The summed E-state index contributed by atoms with van der Waals surface area (Å²) in [5.41, 5.74) is 6.66. The maximum Gasteiger partial charge on any atom is 0.146 e. The van der Waals surface area contributed by atoms with E-state index in [0.29, 0.717) is 28.0 Å². The van der Waals surface area contributed by atoms with Crippen molar-refractivity contribution in [1.29, 1.82) is 0 Å². The summed E-state index contributed by atoms with van der Waals surface area (Å²) < 4.78 is 19.2. The topological polar surface area (TPSA) is 35.2 Å². The van der Waals surface area contributed by atoms with Crippen molar-refractivity contribution in [3.63, 3.8) is 0 Å². The average Bonchev–Trinajstić information content (AvgIpc) is 2.44. The maximum atomic E-state index is 13.4. The summed E-state index contributed by atoms with van der Waals surface area (Å²) in [7, 11) is 0. The highest BCUT2D eigenvalue weighted by Gasteiger charge is 2.12. The lowest BCUT2D eigenvalue weighted by Crippen LogP contribution is -2.21. The van der Waals surface area contributed by atoms with Crippen LogP contribution in [0, 0.1) is 5.82 Å². The van der Waals surface area contributed by atoms with Crippen LogP contribution in [0.2, 0.25) is 10.0 Å². The lowest BCUT2D eigenvalue weighted by atomic mass is 10.0. The van der Waals surface area contributed by atoms with E-state index in [1.165, 1.54) is 12.1 Å². The molecule has 0 aliphatic carbocycles. The van der Waals surface area contributed by atoms with E-state index in [1.54, 1.807) is 24.3 Å². The molecule has 1 unspecified atom stereocenters. The zero-order valence-electron chi connectivity index (χ0n) is 11.6. The molecular formula is C16H16Cl2FNO. The first-order chi connectivity index (χ1) is 9.99. The Bertz CT molecular complexity index is 634. The second kappa shape index (κ2) is 7.12. The molecule has 0 fully saturated rings. The summed E-state index contributed by atoms with van der Waals surface area (Å²) in [5, 5.41) is 0.928. The van der Waals surface area contributed by atoms with Crippen molar-refractivity contribution in [3.05, 3.63) is 57.8 Å². The van der Waals surface area contributed by atoms with Crippen LogP contribution < -0.4 is 10.5 Å². The van der Waals surface area contributed by atoms with Crippen molar-refractivity contribution in [2.24, 2.45) is 5.73 Å². The van der Waals surface area contributed by atoms with Crippen LogP contribution in [0.4, 0.5) is 4.39 Å². The van der Waals surface area contributed by atoms with Crippen LogP contribution in [0.5, 0.6) is 11.5 Å². The van der Waals surface area contributed by atoms with Gasteiger partial charge in [-0.3, -0.25) is 0 Å². The molecule has 0 aromatic heterocycles. The zero-order valence-corrected chi connectivity index (χ0v) is 13.1. The molecule has 0 amide bonds. The fourth-order valence-electron chi connectivity index (χ4n) is 1.91. The van der Waals surface area contributed by atoms with Crippen LogP contribution in [0.15, 0.2) is 36.4 Å². The van der Waals surface area contributed by atoms with E-state index in [-0.39, 0.29) is 11.9 Å². The summed E-state index contributed by atoms with van der Waals surface area (Å²) in [6, 6.07) is 9.28. The molecule has 2 aromatic carbocycles. The van der Waals surface area contributed by atoms with Crippen molar-refractivity contribution in [3.8, 4) is 11.5 Å². The molecule has 0 aliphatic heterocycles. The number of hydrogen-bond donors (Lipinski definition) is 1. The molecule has 112 valence electrons. The number of benzene rings is 2. The van der Waals surface area contributed by atoms with Crippen LogP contribution in [0.25, 0.3) is 0 Å². The van der Waals surface area contributed by atoms with E-state index in [1.807, 2.05) is 6.92 Å². The quantitative estimate of drug-likeness (QED) is 0.818. The van der Waals surface area contributed by atoms with Gasteiger partial charge in [0.25, 0.3) is 0 Å². The van der Waals surface area contributed by atoms with Crippen molar-refractivity contribution in [2.45, 2.75) is 25.8 Å². The van der Waals surface area contributed by atoms with Gasteiger partial charge in [0.2, 0.25) is 0 Å². The van der Waals surface area contributed by atoms with Gasteiger partial charge >= 0.3 is 0 Å². The third kappa shape index (κ3) is 4.34. The predicted molar refractivity (Wildman–Crippen MR) is 84.9 cm³/mol. The lowest BCUT2D eigenvalue weighted by molar-refractivity contribution is 0.469. The van der Waals surface area contributed by atoms with E-state index >= 15 is 0 Å². The first-order valence-corrected chi connectivity index (χ1v) is 7.42. The van der Waals surface area contributed by atoms with Gasteiger partial charge in [0.15, 0.2) is 0 Å². The number of halogens is 3. The van der Waals surface area contributed by atoms with Gasteiger partial charge < -0.3 is 10.5 Å². The summed E-state index contributed by atoms with van der Waals surface area (Å²) in [4.78, 5) is 0. The van der Waals surface area contributed by atoms with E-state index in [4.69, 9.17) is 33.7 Å². The number of rotatable bonds is 5. The Kier molecular flexibility index (Phi) is 5.45. The standard InChI is InChI=1S/C16H16Cl2FNO/c1-2-13(20)8-10-7-12(19)4-6-15(10)21-16-5-3-11(17)9-14(16)18/h3-7,9,13H,2,8,20H2,1H3. The summed E-state index contributed by atoms with van der Waals surface area (Å²) in [6.45, 7) is 1.99. The normalized spacial score (nSPS) is 12.2. The van der Waals surface area contributed by atoms with E-state index in [0.717, 1.165) is 12.0 Å². The molecule has 0 saturated heterocycles. The molecule has 21 heavy (non-hydrogen) atoms. The molecule has 0 spiro atoms. The van der Waals surface area contributed by atoms with Crippen molar-refractivity contribution >= 4 is 23.2 Å². The SMILES string of the molecule is CCC(N)Cc1cc(F)ccc1Oc1ccc(Cl)cc1Cl. The van der Waals surface area contributed by atoms with Gasteiger partial charge in [0.05, 0.1) is 5.02 Å². The Morgan fingerprint density at radius 3 is 2.52 bits per heavy atom. The lowest BCUT2D eigenvalue weighted by Gasteiger charge is -2.15. The van der Waals surface area contributed by atoms with Crippen LogP contribution >= 0.6 is 23.2 Å². The van der Waals surface area contributed by atoms with Gasteiger partial charge in [0, 0.05) is 11.1 Å². The van der Waals surface area contributed by atoms with Gasteiger partial charge in [-0.1, -0.05) is 30.1 Å². The molecule has 0 radical (unpaired) electrons. The van der Waals surface area contributed by atoms with Crippen LogP contribution in [0.3, 0.4) is 0 Å². The molecule has 0 saturated carbocycles. The minimum atomic E-state index is -0.317. The van der Waals surface area contributed by atoms with Crippen molar-refractivity contribution in [2.75, 3.05) is 0 Å². The Morgan fingerprint density at radius 1 is 1.14 bits per heavy atom. The third-order valence-electron chi connectivity index (χ3n) is 3.14. The highest BCUT2D eigenvalue weighted by Crippen LogP contribution is 2.33. The predicted octanol–water partition coefficient (Wildman–Crippen LogP) is 5.20. The number of hydrogen-bond acceptors (Lipinski definition) is 2. The van der Waals surface area contributed by atoms with Crippen molar-refractivity contribution < 1.29 is 9.13 Å². The molecule has 2 N–H and O–H groups in total. The Hall–Kier alpha value is -1.29. The maximum absolute atomic E-state index is 13.4. The van der Waals surface area contributed by atoms with Crippen molar-refractivity contribution in [1.82, 2.24) is 0 Å². The molecule has 5 heteroatoms. The molecule has 0 bridgehead atoms. The molecule has 1 atom stereocenters. The zero-order chi connectivity index (χ0) is 15.4. The van der Waals surface area contributed by atoms with Gasteiger partial charge in [-0.15, -0.1) is 0 Å². The summed E-state index contributed by atoms with van der Waals surface area (Å²) in [6.07, 6.45) is 1.34. The van der Waals surface area contributed by atoms with Gasteiger partial charge in [0.1, 0.15) is 17.3 Å². The highest BCUT2D eigenvalue weighted by atomic mass is 35.5. The Morgan fingerprint density at radius 2 is 1.86 bits per heavy atom. The van der Waals surface area contributed by atoms with Crippen LogP contribution in [0.1, 0.15) is 18.9 Å². The van der Waals surface area contributed by atoms with Gasteiger partial charge in [-0.05, 0) is 54.8 Å². The van der Waals surface area contributed by atoms with E-state index in [2.05, 4.69) is 0 Å². The fraction of sp³-hybridized carbons (Fsp3) is 0.250. The Balaban J connectivity index is 2.30. The second-order valence-electron chi connectivity index (χ2n) is 4.80. The molecule has 2 rings (SSSR count). The molecule has 2 aromatic rings. The Labute approximate surface area is 133 Å². The van der Waals surface area contributed by atoms with Crippen LogP contribution in [-0.2, 0) is 6.42 Å². The van der Waals surface area contributed by atoms with E-state index in [9.17, 15) is 4.39 Å². The van der Waals surface area contributed by atoms with Crippen LogP contribution in [-0.4, -0.2) is 6.04 Å². The molecule has 2 nitrogen and oxygen atoms in total. The minimum Gasteiger partial charge on any atom is -0.456 e. The monoisotopic (exact) mass is 327 g/mol. The first-order valence-electron chi connectivity index (χ1n) is 6.66. The highest BCUT2D eigenvalue weighted by molar-refractivity contribution is 6.35. The first kappa shape index (κ1) is 16.1. The summed E-state index contributed by atoms with van der Waals surface area (Å²) in [5.74, 6) is 0.700. The van der Waals surface area contributed by atoms with Gasteiger partial charge in [-0.25, -0.2) is 4.39 Å². The largest absolute Gasteiger partial charge is 0.456 e. The molecule has 0 heterocycles. The van der Waals surface area contributed by atoms with Gasteiger partial charge in [-0.2, -0.15) is 0 Å². The fourth-order valence-corrected chi connectivity index (χ4v) is 2.36. The average molecular weight is 328 g/mol. The third-order valence-corrected chi connectivity index (χ3v) is 3.67. The number of nitrogens with two attached hydrogens (primary N) is 1. The van der Waals surface area contributed by atoms with E-state index < -0.39 is 0 Å². The summed E-state index contributed by atoms with van der Waals surface area (Å²) >= 11 is 11.9. The molecular weight excluding hydrogens is 312 g/mol. The smallest absolute Gasteiger partial charge is 0.146 e. The number of ether oxygens (including phenoxy) is 1. The molecule has 0 aliphatic rings. The minimum absolute atomic E-state index is 0.0464. The second-order valence-corrected chi connectivity index (χ2v) is 5.64.